The third-order valence-electron chi connectivity index (χ3n) is 3.45. The van der Waals surface area contributed by atoms with Crippen LogP contribution in [0.5, 0.6) is 0 Å². The molecule has 0 atom stereocenters. The summed E-state index contributed by atoms with van der Waals surface area (Å²) < 4.78 is 2.30. The number of aromatic nitrogens is 2. The quantitative estimate of drug-likeness (QED) is 0.897. The van der Waals surface area contributed by atoms with Crippen molar-refractivity contribution in [2.75, 3.05) is 0 Å². The van der Waals surface area contributed by atoms with Crippen LogP contribution in [0.3, 0.4) is 0 Å². The number of rotatable bonds is 5. The van der Waals surface area contributed by atoms with Gasteiger partial charge < -0.3 is 9.88 Å². The molecule has 0 radical (unpaired) electrons. The second-order valence-corrected chi connectivity index (χ2v) is 6.32. The van der Waals surface area contributed by atoms with E-state index in [1.165, 1.54) is 34.1 Å². The Bertz CT molecular complexity index is 517. The van der Waals surface area contributed by atoms with Gasteiger partial charge in [0.1, 0.15) is 5.01 Å². The van der Waals surface area contributed by atoms with Crippen LogP contribution in [-0.2, 0) is 13.1 Å². The van der Waals surface area contributed by atoms with Gasteiger partial charge in [-0.15, -0.1) is 11.3 Å². The molecule has 0 spiro atoms. The topological polar surface area (TPSA) is 29.9 Å². The van der Waals surface area contributed by atoms with Gasteiger partial charge in [0.2, 0.25) is 0 Å². The van der Waals surface area contributed by atoms with Crippen LogP contribution < -0.4 is 5.32 Å². The van der Waals surface area contributed by atoms with Crippen molar-refractivity contribution >= 4 is 11.3 Å². The molecule has 2 heterocycles. The number of hydrogen-bond donors (Lipinski definition) is 1. The summed E-state index contributed by atoms with van der Waals surface area (Å²) in [5.74, 6) is 0. The Labute approximate surface area is 112 Å². The molecule has 3 rings (SSSR count). The number of nitrogens with one attached hydrogen (secondary N) is 1. The smallest absolute Gasteiger partial charge is 0.113 e. The zero-order chi connectivity index (χ0) is 12.5. The minimum Gasteiger partial charge on any atom is -0.343 e. The highest BCUT2D eigenvalue weighted by molar-refractivity contribution is 7.11. The molecule has 1 fully saturated rings. The molecule has 0 aromatic carbocycles. The fraction of sp³-hybridized carbons (Fsp3) is 0.500. The Morgan fingerprint density at radius 3 is 2.94 bits per heavy atom. The molecule has 2 aromatic rings. The summed E-state index contributed by atoms with van der Waals surface area (Å²) in [5.41, 5.74) is 2.52. The van der Waals surface area contributed by atoms with E-state index in [0.717, 1.165) is 19.1 Å². The number of thiazole rings is 1. The van der Waals surface area contributed by atoms with E-state index in [-0.39, 0.29) is 0 Å². The summed E-state index contributed by atoms with van der Waals surface area (Å²) in [5, 5.41) is 4.77. The molecule has 0 bridgehead atoms. The SMILES string of the molecule is Cc1nc(Cn2cccc2CNC2CC2)sc1C. The van der Waals surface area contributed by atoms with E-state index < -0.39 is 0 Å². The zero-order valence-electron chi connectivity index (χ0n) is 10.9. The lowest BCUT2D eigenvalue weighted by atomic mass is 10.4. The maximum Gasteiger partial charge on any atom is 0.113 e. The highest BCUT2D eigenvalue weighted by Gasteiger charge is 2.20. The van der Waals surface area contributed by atoms with Crippen molar-refractivity contribution in [1.82, 2.24) is 14.9 Å². The van der Waals surface area contributed by atoms with Crippen LogP contribution >= 0.6 is 11.3 Å². The van der Waals surface area contributed by atoms with Gasteiger partial charge in [0, 0.05) is 29.4 Å². The Hall–Kier alpha value is -1.13. The Morgan fingerprint density at radius 1 is 1.44 bits per heavy atom. The van der Waals surface area contributed by atoms with Gasteiger partial charge in [-0.3, -0.25) is 0 Å². The van der Waals surface area contributed by atoms with Gasteiger partial charge in [0.05, 0.1) is 12.2 Å². The molecule has 1 aliphatic carbocycles. The van der Waals surface area contributed by atoms with Crippen LogP contribution in [0.25, 0.3) is 0 Å². The first-order valence-corrected chi connectivity index (χ1v) is 7.34. The summed E-state index contributed by atoms with van der Waals surface area (Å²) >= 11 is 1.81. The van der Waals surface area contributed by atoms with E-state index in [4.69, 9.17) is 0 Å². The van der Waals surface area contributed by atoms with E-state index >= 15 is 0 Å². The minimum absolute atomic E-state index is 0.762. The zero-order valence-corrected chi connectivity index (χ0v) is 11.8. The van der Waals surface area contributed by atoms with Crippen molar-refractivity contribution in [2.24, 2.45) is 0 Å². The van der Waals surface area contributed by atoms with E-state index in [1.54, 1.807) is 11.3 Å². The van der Waals surface area contributed by atoms with Gasteiger partial charge >= 0.3 is 0 Å². The summed E-state index contributed by atoms with van der Waals surface area (Å²) in [6, 6.07) is 5.08. The monoisotopic (exact) mass is 261 g/mol. The van der Waals surface area contributed by atoms with Crippen molar-refractivity contribution < 1.29 is 0 Å². The van der Waals surface area contributed by atoms with Crippen molar-refractivity contribution in [1.29, 1.82) is 0 Å². The number of aryl methyl sites for hydroxylation is 2. The average Bonchev–Trinajstić information content (AvgIpc) is 2.99. The van der Waals surface area contributed by atoms with Crippen LogP contribution in [0.2, 0.25) is 0 Å². The van der Waals surface area contributed by atoms with Gasteiger partial charge in [-0.1, -0.05) is 0 Å². The normalized spacial score (nSPS) is 15.2. The summed E-state index contributed by atoms with van der Waals surface area (Å²) in [6.45, 7) is 6.09. The second-order valence-electron chi connectivity index (χ2n) is 5.03. The van der Waals surface area contributed by atoms with Crippen molar-refractivity contribution in [3.05, 3.63) is 39.6 Å². The van der Waals surface area contributed by atoms with Gasteiger partial charge in [0.25, 0.3) is 0 Å². The van der Waals surface area contributed by atoms with Crippen LogP contribution in [-0.4, -0.2) is 15.6 Å². The number of nitrogens with zero attached hydrogens (tertiary/aromatic N) is 2. The highest BCUT2D eigenvalue weighted by atomic mass is 32.1. The first-order valence-electron chi connectivity index (χ1n) is 6.52. The van der Waals surface area contributed by atoms with Crippen LogP contribution in [0, 0.1) is 13.8 Å². The predicted molar refractivity (Wildman–Crippen MR) is 75.0 cm³/mol. The molecule has 0 aliphatic heterocycles. The lowest BCUT2D eigenvalue weighted by Gasteiger charge is -2.08. The Morgan fingerprint density at radius 2 is 2.28 bits per heavy atom. The second kappa shape index (κ2) is 4.86. The molecule has 1 aliphatic rings. The van der Waals surface area contributed by atoms with Crippen LogP contribution in [0.15, 0.2) is 18.3 Å². The standard InChI is InChI=1S/C14H19N3S/c1-10-11(2)18-14(16-10)9-17-7-3-4-13(17)8-15-12-5-6-12/h3-4,7,12,15H,5-6,8-9H2,1-2H3. The molecular weight excluding hydrogens is 242 g/mol. The molecule has 4 heteroatoms. The largest absolute Gasteiger partial charge is 0.343 e. The summed E-state index contributed by atoms with van der Waals surface area (Å²) in [7, 11) is 0. The first-order chi connectivity index (χ1) is 8.72. The van der Waals surface area contributed by atoms with Crippen molar-refractivity contribution in [3.63, 3.8) is 0 Å². The lowest BCUT2D eigenvalue weighted by Crippen LogP contribution is -2.18. The summed E-state index contributed by atoms with van der Waals surface area (Å²) in [6.07, 6.45) is 4.83. The van der Waals surface area contributed by atoms with Crippen LogP contribution in [0.4, 0.5) is 0 Å². The molecule has 18 heavy (non-hydrogen) atoms. The average molecular weight is 261 g/mol. The van der Waals surface area contributed by atoms with Crippen molar-refractivity contribution in [2.45, 2.75) is 45.8 Å². The molecule has 96 valence electrons. The first kappa shape index (κ1) is 11.9. The van der Waals surface area contributed by atoms with Gasteiger partial charge in [-0.05, 0) is 38.8 Å². The van der Waals surface area contributed by atoms with E-state index in [2.05, 4.69) is 47.0 Å². The fourth-order valence-electron chi connectivity index (χ4n) is 2.05. The minimum atomic E-state index is 0.762. The van der Waals surface area contributed by atoms with Gasteiger partial charge in [0.15, 0.2) is 0 Å². The molecule has 0 unspecified atom stereocenters. The van der Waals surface area contributed by atoms with Crippen LogP contribution in [0.1, 0.15) is 34.1 Å². The fourth-order valence-corrected chi connectivity index (χ4v) is 2.99. The molecule has 1 N–H and O–H groups in total. The van der Waals surface area contributed by atoms with E-state index in [1.807, 2.05) is 0 Å². The summed E-state index contributed by atoms with van der Waals surface area (Å²) in [4.78, 5) is 5.94. The molecule has 2 aromatic heterocycles. The third-order valence-corrected chi connectivity index (χ3v) is 4.51. The van der Waals surface area contributed by atoms with Gasteiger partial charge in [-0.25, -0.2) is 4.98 Å². The highest BCUT2D eigenvalue weighted by Crippen LogP contribution is 2.20. The predicted octanol–water partition coefficient (Wildman–Crippen LogP) is 2.86. The van der Waals surface area contributed by atoms with E-state index in [0.29, 0.717) is 0 Å². The Balaban J connectivity index is 1.69. The van der Waals surface area contributed by atoms with Crippen molar-refractivity contribution in [3.8, 4) is 0 Å². The molecule has 3 nitrogen and oxygen atoms in total. The lowest BCUT2D eigenvalue weighted by molar-refractivity contribution is 0.633. The molecule has 0 amide bonds. The molecule has 1 saturated carbocycles. The maximum atomic E-state index is 4.61. The number of hydrogen-bond acceptors (Lipinski definition) is 3. The Kier molecular flexibility index (Phi) is 3.22. The molecule has 0 saturated heterocycles. The third kappa shape index (κ3) is 2.65. The maximum absolute atomic E-state index is 4.61. The van der Waals surface area contributed by atoms with Gasteiger partial charge in [-0.2, -0.15) is 0 Å². The molecular formula is C14H19N3S. The van der Waals surface area contributed by atoms with E-state index in [9.17, 15) is 0 Å².